The zero-order chi connectivity index (χ0) is 13.2. The van der Waals surface area contributed by atoms with Crippen LogP contribution >= 0.6 is 22.6 Å². The van der Waals surface area contributed by atoms with Crippen LogP contribution in [0.4, 0.5) is 0 Å². The maximum atomic E-state index is 10.1. The first-order valence-electron chi connectivity index (χ1n) is 7.18. The normalized spacial score (nSPS) is 12.6. The molecule has 0 bridgehead atoms. The zero-order valence-electron chi connectivity index (χ0n) is 11.4. The van der Waals surface area contributed by atoms with E-state index in [0.29, 0.717) is 0 Å². The third-order valence-electron chi connectivity index (χ3n) is 3.35. The first-order valence-corrected chi connectivity index (χ1v) is 8.26. The van der Waals surface area contributed by atoms with Gasteiger partial charge in [0.15, 0.2) is 0 Å². The Kier molecular flexibility index (Phi) is 8.68. The number of hydrogen-bond acceptors (Lipinski definition) is 1. The van der Waals surface area contributed by atoms with Gasteiger partial charge in [0.25, 0.3) is 0 Å². The van der Waals surface area contributed by atoms with Gasteiger partial charge >= 0.3 is 0 Å². The fourth-order valence-corrected chi connectivity index (χ4v) is 2.94. The molecule has 18 heavy (non-hydrogen) atoms. The quantitative estimate of drug-likeness (QED) is 0.458. The van der Waals surface area contributed by atoms with Crippen LogP contribution in [-0.2, 0) is 0 Å². The molecular formula is C16H25IO. The lowest BCUT2D eigenvalue weighted by molar-refractivity contribution is 0.162. The highest BCUT2D eigenvalue weighted by molar-refractivity contribution is 14.1. The molecular weight excluding hydrogens is 335 g/mol. The lowest BCUT2D eigenvalue weighted by atomic mass is 10.0. The van der Waals surface area contributed by atoms with E-state index in [-0.39, 0.29) is 6.10 Å². The molecule has 0 aliphatic carbocycles. The van der Waals surface area contributed by atoms with E-state index in [2.05, 4.69) is 35.6 Å². The number of benzene rings is 1. The van der Waals surface area contributed by atoms with Crippen molar-refractivity contribution in [2.75, 3.05) is 0 Å². The minimum absolute atomic E-state index is 0.284. The summed E-state index contributed by atoms with van der Waals surface area (Å²) >= 11 is 2.30. The number of hydrogen-bond donors (Lipinski definition) is 1. The highest BCUT2D eigenvalue weighted by atomic mass is 127. The van der Waals surface area contributed by atoms with Crippen LogP contribution in [0, 0.1) is 3.57 Å². The molecule has 0 radical (unpaired) electrons. The van der Waals surface area contributed by atoms with Crippen molar-refractivity contribution in [2.24, 2.45) is 0 Å². The third-order valence-corrected chi connectivity index (χ3v) is 4.33. The maximum Gasteiger partial charge on any atom is 0.0800 e. The Balaban J connectivity index is 2.14. The average Bonchev–Trinajstić information content (AvgIpc) is 2.38. The molecule has 1 atom stereocenters. The fourth-order valence-electron chi connectivity index (χ4n) is 2.20. The van der Waals surface area contributed by atoms with Crippen LogP contribution in [-0.4, -0.2) is 5.11 Å². The van der Waals surface area contributed by atoms with E-state index in [4.69, 9.17) is 0 Å². The molecule has 0 aliphatic heterocycles. The molecule has 1 unspecified atom stereocenters. The van der Waals surface area contributed by atoms with Crippen LogP contribution in [0.5, 0.6) is 0 Å². The summed E-state index contributed by atoms with van der Waals surface area (Å²) in [4.78, 5) is 0. The Morgan fingerprint density at radius 2 is 1.61 bits per heavy atom. The number of aliphatic hydroxyl groups is 1. The molecule has 0 amide bonds. The Hall–Kier alpha value is -0.0900. The molecule has 1 nitrogen and oxygen atoms in total. The predicted octanol–water partition coefficient (Wildman–Crippen LogP) is 5.47. The molecule has 2 heteroatoms. The summed E-state index contributed by atoms with van der Waals surface area (Å²) in [6, 6.07) is 8.12. The number of aliphatic hydroxyl groups excluding tert-OH is 1. The van der Waals surface area contributed by atoms with Gasteiger partial charge in [-0.25, -0.2) is 0 Å². The second-order valence-electron chi connectivity index (χ2n) is 4.95. The van der Waals surface area contributed by atoms with Crippen LogP contribution in [0.15, 0.2) is 24.3 Å². The van der Waals surface area contributed by atoms with Crippen molar-refractivity contribution in [2.45, 2.75) is 64.4 Å². The van der Waals surface area contributed by atoms with Crippen molar-refractivity contribution in [3.8, 4) is 0 Å². The number of halogens is 1. The van der Waals surface area contributed by atoms with E-state index in [1.165, 1.54) is 42.1 Å². The number of unbranched alkanes of at least 4 members (excludes halogenated alkanes) is 6. The molecule has 0 saturated heterocycles. The van der Waals surface area contributed by atoms with Crippen LogP contribution in [0.2, 0.25) is 0 Å². The van der Waals surface area contributed by atoms with Gasteiger partial charge in [-0.05, 0) is 40.6 Å². The van der Waals surface area contributed by atoms with E-state index >= 15 is 0 Å². The highest BCUT2D eigenvalue weighted by Crippen LogP contribution is 2.24. The van der Waals surface area contributed by atoms with Crippen molar-refractivity contribution >= 4 is 22.6 Å². The number of rotatable bonds is 9. The van der Waals surface area contributed by atoms with E-state index in [9.17, 15) is 5.11 Å². The van der Waals surface area contributed by atoms with Gasteiger partial charge in [-0.15, -0.1) is 0 Å². The molecule has 1 aromatic carbocycles. The first kappa shape index (κ1) is 16.0. The van der Waals surface area contributed by atoms with Gasteiger partial charge in [-0.2, -0.15) is 0 Å². The molecule has 0 aromatic heterocycles. The SMILES string of the molecule is CCCCCCCCCC(O)c1ccccc1I. The molecule has 1 rings (SSSR count). The summed E-state index contributed by atoms with van der Waals surface area (Å²) in [5.41, 5.74) is 1.09. The summed E-state index contributed by atoms with van der Waals surface area (Å²) in [6.07, 6.45) is 9.72. The fraction of sp³-hybridized carbons (Fsp3) is 0.625. The van der Waals surface area contributed by atoms with Gasteiger partial charge < -0.3 is 5.11 Å². The minimum atomic E-state index is -0.284. The van der Waals surface area contributed by atoms with Crippen molar-refractivity contribution in [3.63, 3.8) is 0 Å². The van der Waals surface area contributed by atoms with Crippen molar-refractivity contribution in [3.05, 3.63) is 33.4 Å². The zero-order valence-corrected chi connectivity index (χ0v) is 13.5. The van der Waals surface area contributed by atoms with E-state index < -0.39 is 0 Å². The van der Waals surface area contributed by atoms with Gasteiger partial charge in [0.1, 0.15) is 0 Å². The maximum absolute atomic E-state index is 10.1. The first-order chi connectivity index (χ1) is 8.75. The largest absolute Gasteiger partial charge is 0.388 e. The summed E-state index contributed by atoms with van der Waals surface area (Å²) in [5, 5.41) is 10.1. The molecule has 0 heterocycles. The Morgan fingerprint density at radius 1 is 1.00 bits per heavy atom. The summed E-state index contributed by atoms with van der Waals surface area (Å²) in [6.45, 7) is 2.25. The lowest BCUT2D eigenvalue weighted by Gasteiger charge is -2.12. The molecule has 0 saturated carbocycles. The summed E-state index contributed by atoms with van der Waals surface area (Å²) in [7, 11) is 0. The average molecular weight is 360 g/mol. The van der Waals surface area contributed by atoms with Crippen molar-refractivity contribution in [1.82, 2.24) is 0 Å². The molecule has 0 spiro atoms. The van der Waals surface area contributed by atoms with Gasteiger partial charge in [-0.1, -0.05) is 70.1 Å². The van der Waals surface area contributed by atoms with E-state index in [1.807, 2.05) is 18.2 Å². The topological polar surface area (TPSA) is 20.2 Å². The predicted molar refractivity (Wildman–Crippen MR) is 86.7 cm³/mol. The van der Waals surface area contributed by atoms with Crippen LogP contribution in [0.3, 0.4) is 0 Å². The third kappa shape index (κ3) is 6.19. The van der Waals surface area contributed by atoms with Gasteiger partial charge in [0.05, 0.1) is 6.10 Å². The highest BCUT2D eigenvalue weighted by Gasteiger charge is 2.09. The molecule has 102 valence electrons. The standard InChI is InChI=1S/C16H25IO/c1-2-3-4-5-6-7-8-13-16(18)14-11-9-10-12-15(14)17/h9-12,16,18H,2-8,13H2,1H3. The van der Waals surface area contributed by atoms with Crippen molar-refractivity contribution < 1.29 is 5.11 Å². The van der Waals surface area contributed by atoms with Crippen LogP contribution < -0.4 is 0 Å². The molecule has 0 fully saturated rings. The van der Waals surface area contributed by atoms with E-state index in [1.54, 1.807) is 0 Å². The Bertz CT molecular complexity index is 325. The lowest BCUT2D eigenvalue weighted by Crippen LogP contribution is -1.99. The molecule has 0 aliphatic rings. The van der Waals surface area contributed by atoms with Gasteiger partial charge in [-0.3, -0.25) is 0 Å². The summed E-state index contributed by atoms with van der Waals surface area (Å²) in [5.74, 6) is 0. The second kappa shape index (κ2) is 9.79. The smallest absolute Gasteiger partial charge is 0.0800 e. The molecule has 1 N–H and O–H groups in total. The Labute approximate surface area is 125 Å². The van der Waals surface area contributed by atoms with Crippen LogP contribution in [0.25, 0.3) is 0 Å². The monoisotopic (exact) mass is 360 g/mol. The van der Waals surface area contributed by atoms with Crippen molar-refractivity contribution in [1.29, 1.82) is 0 Å². The van der Waals surface area contributed by atoms with E-state index in [0.717, 1.165) is 18.4 Å². The van der Waals surface area contributed by atoms with Crippen LogP contribution in [0.1, 0.15) is 70.0 Å². The molecule has 1 aromatic rings. The second-order valence-corrected chi connectivity index (χ2v) is 6.11. The van der Waals surface area contributed by atoms with Gasteiger partial charge in [0.2, 0.25) is 0 Å². The summed E-state index contributed by atoms with van der Waals surface area (Å²) < 4.78 is 1.17. The minimum Gasteiger partial charge on any atom is -0.388 e. The Morgan fingerprint density at radius 3 is 2.28 bits per heavy atom. The van der Waals surface area contributed by atoms with Gasteiger partial charge in [0, 0.05) is 3.57 Å².